The molecule has 0 amide bonds. The van der Waals surface area contributed by atoms with Crippen LogP contribution in [0.2, 0.25) is 5.15 Å². The average Bonchev–Trinajstić information content (AvgIpc) is 3.46. The number of allylic oxidation sites excluding steroid dienone is 1. The summed E-state index contributed by atoms with van der Waals surface area (Å²) in [5, 5.41) is 10.3. The Morgan fingerprint density at radius 1 is 1.32 bits per heavy atom. The van der Waals surface area contributed by atoms with Crippen LogP contribution >= 0.6 is 22.9 Å². The number of thiophene rings is 1. The Hall–Kier alpha value is -2.67. The zero-order valence-corrected chi connectivity index (χ0v) is 23.7. The van der Waals surface area contributed by atoms with Crippen LogP contribution in [0.15, 0.2) is 11.6 Å². The maximum absolute atomic E-state index is 13.8. The van der Waals surface area contributed by atoms with Crippen LogP contribution in [-0.4, -0.2) is 46.9 Å². The molecule has 200 valence electrons. The maximum Gasteiger partial charge on any atom is 0.218 e. The van der Waals surface area contributed by atoms with Crippen LogP contribution in [0.25, 0.3) is 5.70 Å². The molecule has 1 saturated heterocycles. The van der Waals surface area contributed by atoms with Gasteiger partial charge < -0.3 is 21.1 Å². The molecule has 8 nitrogen and oxygen atoms in total. The smallest absolute Gasteiger partial charge is 0.218 e. The fourth-order valence-electron chi connectivity index (χ4n) is 5.00. The van der Waals surface area contributed by atoms with Crippen molar-refractivity contribution < 1.29 is 9.53 Å². The number of ketones is 1. The van der Waals surface area contributed by atoms with Crippen molar-refractivity contribution >= 4 is 39.4 Å². The number of anilines is 1. The van der Waals surface area contributed by atoms with Gasteiger partial charge in [0.25, 0.3) is 0 Å². The van der Waals surface area contributed by atoms with Gasteiger partial charge in [0.2, 0.25) is 5.88 Å². The SMILES string of the molecule is CC.CCC/C(C(=O)[C@H]1CCCc2sc(N)c(C#N)c21)=C(/N)c1nc(Cl)cc(OC[C@@H]2CCCN2C)n1. The van der Waals surface area contributed by atoms with Crippen molar-refractivity contribution in [3.8, 4) is 11.9 Å². The lowest BCUT2D eigenvalue weighted by Crippen LogP contribution is -2.30. The van der Waals surface area contributed by atoms with E-state index in [4.69, 9.17) is 27.8 Å². The molecule has 0 aromatic carbocycles. The number of aromatic nitrogens is 2. The fraction of sp³-hybridized carbons (Fsp3) is 0.556. The highest BCUT2D eigenvalue weighted by atomic mass is 35.5. The molecule has 2 aliphatic rings. The van der Waals surface area contributed by atoms with Crippen LogP contribution in [0.4, 0.5) is 5.00 Å². The number of likely N-dealkylation sites (N-methyl/N-ethyl adjacent to an activating group) is 1. The Kier molecular flexibility index (Phi) is 10.3. The number of nitrogens with two attached hydrogens (primary N) is 2. The number of hydrogen-bond acceptors (Lipinski definition) is 9. The van der Waals surface area contributed by atoms with Gasteiger partial charge in [0.1, 0.15) is 22.8 Å². The summed E-state index contributed by atoms with van der Waals surface area (Å²) < 4.78 is 5.94. The fourth-order valence-corrected chi connectivity index (χ4v) is 6.30. The van der Waals surface area contributed by atoms with Crippen LogP contribution in [-0.2, 0) is 11.2 Å². The Balaban J connectivity index is 0.00000186. The predicted octanol–water partition coefficient (Wildman–Crippen LogP) is 5.30. The zero-order chi connectivity index (χ0) is 27.1. The summed E-state index contributed by atoms with van der Waals surface area (Å²) in [6.07, 6.45) is 5.73. The predicted molar refractivity (Wildman–Crippen MR) is 150 cm³/mol. The van der Waals surface area contributed by atoms with E-state index in [9.17, 15) is 10.1 Å². The number of nitrogens with zero attached hydrogens (tertiary/aromatic N) is 4. The largest absolute Gasteiger partial charge is 0.476 e. The molecule has 1 aliphatic heterocycles. The van der Waals surface area contributed by atoms with Gasteiger partial charge in [-0.25, -0.2) is 4.98 Å². The molecule has 1 fully saturated rings. The van der Waals surface area contributed by atoms with Crippen LogP contribution < -0.4 is 16.2 Å². The normalized spacial score (nSPS) is 19.8. The number of fused-ring (bicyclic) bond motifs is 1. The average molecular weight is 545 g/mol. The van der Waals surface area contributed by atoms with Crippen molar-refractivity contribution in [3.05, 3.63) is 38.6 Å². The molecule has 10 heteroatoms. The minimum atomic E-state index is -0.449. The lowest BCUT2D eigenvalue weighted by atomic mass is 9.79. The summed E-state index contributed by atoms with van der Waals surface area (Å²) >= 11 is 7.69. The lowest BCUT2D eigenvalue weighted by molar-refractivity contribution is -0.117. The summed E-state index contributed by atoms with van der Waals surface area (Å²) in [5.74, 6) is -0.0255. The number of likely N-dealkylation sites (tertiary alicyclic amines) is 1. The van der Waals surface area contributed by atoms with Gasteiger partial charge >= 0.3 is 0 Å². The third-order valence-electron chi connectivity index (χ3n) is 6.85. The number of Topliss-reactive ketones (excluding diaryl/α,β-unsaturated/α-hetero) is 1. The second-order valence-electron chi connectivity index (χ2n) is 9.18. The molecule has 2 atom stereocenters. The Labute approximate surface area is 228 Å². The molecular weight excluding hydrogens is 508 g/mol. The molecule has 0 saturated carbocycles. The standard InChI is InChI=1S/C25H31ClN6O2S.C2H6/c1-3-6-16(23(33)15-8-4-9-18-21(15)17(12-27)24(29)35-18)22(28)25-30-19(26)11-20(31-25)34-13-14-7-5-10-32(14)2;1-2/h11,14-15H,3-10,13,28-29H2,1-2H3;1-2H3/b22-16-;/t14-,15-;/m0./s1. The van der Waals surface area contributed by atoms with Crippen molar-refractivity contribution in [1.29, 1.82) is 5.26 Å². The number of carbonyl (C=O) groups is 1. The number of rotatable bonds is 8. The van der Waals surface area contributed by atoms with Crippen LogP contribution in [0.1, 0.15) is 87.0 Å². The van der Waals surface area contributed by atoms with Gasteiger partial charge in [-0.1, -0.05) is 38.8 Å². The Morgan fingerprint density at radius 3 is 2.73 bits per heavy atom. The van der Waals surface area contributed by atoms with Gasteiger partial charge in [0, 0.05) is 28.5 Å². The lowest BCUT2D eigenvalue weighted by Gasteiger charge is -2.24. The maximum atomic E-state index is 13.8. The molecule has 2 aromatic heterocycles. The van der Waals surface area contributed by atoms with Crippen molar-refractivity contribution in [2.45, 2.75) is 77.7 Å². The molecule has 1 aliphatic carbocycles. The first kappa shape index (κ1) is 28.9. The number of nitrogen functional groups attached to an aromatic ring is 1. The van der Waals surface area contributed by atoms with E-state index in [0.29, 0.717) is 47.5 Å². The first-order valence-corrected chi connectivity index (χ1v) is 14.2. The van der Waals surface area contributed by atoms with Crippen molar-refractivity contribution in [2.75, 3.05) is 25.9 Å². The van der Waals surface area contributed by atoms with E-state index in [1.165, 1.54) is 11.3 Å². The summed E-state index contributed by atoms with van der Waals surface area (Å²) in [4.78, 5) is 25.9. The van der Waals surface area contributed by atoms with Gasteiger partial charge in [-0.2, -0.15) is 10.2 Å². The van der Waals surface area contributed by atoms with E-state index in [-0.39, 0.29) is 22.5 Å². The number of hydrogen-bond donors (Lipinski definition) is 2. The zero-order valence-electron chi connectivity index (χ0n) is 22.1. The number of halogens is 1. The minimum absolute atomic E-state index is 0.0989. The summed E-state index contributed by atoms with van der Waals surface area (Å²) in [6, 6.07) is 4.09. The second kappa shape index (κ2) is 13.2. The third kappa shape index (κ3) is 6.43. The highest BCUT2D eigenvalue weighted by molar-refractivity contribution is 7.16. The topological polar surface area (TPSA) is 131 Å². The van der Waals surface area contributed by atoms with Crippen molar-refractivity contribution in [1.82, 2.24) is 14.9 Å². The second-order valence-corrected chi connectivity index (χ2v) is 10.7. The Morgan fingerprint density at radius 2 is 2.08 bits per heavy atom. The van der Waals surface area contributed by atoms with Gasteiger partial charge in [-0.05, 0) is 57.7 Å². The van der Waals surface area contributed by atoms with Crippen molar-refractivity contribution in [3.63, 3.8) is 0 Å². The van der Waals surface area contributed by atoms with Gasteiger partial charge in [0.15, 0.2) is 11.6 Å². The minimum Gasteiger partial charge on any atom is -0.476 e. The van der Waals surface area contributed by atoms with Crippen LogP contribution in [0.3, 0.4) is 0 Å². The molecule has 37 heavy (non-hydrogen) atoms. The molecular formula is C27H37ClN6O2S. The molecule has 0 bridgehead atoms. The van der Waals surface area contributed by atoms with Gasteiger partial charge in [0.05, 0.1) is 11.3 Å². The van der Waals surface area contributed by atoms with E-state index in [0.717, 1.165) is 49.1 Å². The number of carbonyl (C=O) groups excluding carboxylic acids is 1. The van der Waals surface area contributed by atoms with E-state index in [1.807, 2.05) is 20.8 Å². The van der Waals surface area contributed by atoms with E-state index < -0.39 is 5.92 Å². The highest BCUT2D eigenvalue weighted by Gasteiger charge is 2.34. The summed E-state index contributed by atoms with van der Waals surface area (Å²) in [7, 11) is 2.08. The van der Waals surface area contributed by atoms with Gasteiger partial charge in [-0.3, -0.25) is 4.79 Å². The van der Waals surface area contributed by atoms with Gasteiger partial charge in [-0.15, -0.1) is 11.3 Å². The molecule has 2 aromatic rings. The monoisotopic (exact) mass is 544 g/mol. The highest BCUT2D eigenvalue weighted by Crippen LogP contribution is 2.44. The molecule has 0 radical (unpaired) electrons. The van der Waals surface area contributed by atoms with Crippen LogP contribution in [0.5, 0.6) is 5.88 Å². The molecule has 3 heterocycles. The number of nitriles is 1. The quantitative estimate of drug-likeness (QED) is 0.338. The van der Waals surface area contributed by atoms with E-state index >= 15 is 0 Å². The molecule has 0 unspecified atom stereocenters. The summed E-state index contributed by atoms with van der Waals surface area (Å²) in [5.41, 5.74) is 14.5. The molecule has 0 spiro atoms. The third-order valence-corrected chi connectivity index (χ3v) is 8.14. The van der Waals surface area contributed by atoms with Crippen molar-refractivity contribution in [2.24, 2.45) is 5.73 Å². The number of aryl methyl sites for hydroxylation is 1. The molecule has 4 N–H and O–H groups in total. The number of ether oxygens (including phenoxy) is 1. The molecule has 4 rings (SSSR count). The van der Waals surface area contributed by atoms with Crippen LogP contribution in [0, 0.1) is 11.3 Å². The van der Waals surface area contributed by atoms with E-state index in [2.05, 4.69) is 28.0 Å². The Bertz CT molecular complexity index is 1190. The first-order chi connectivity index (χ1) is 17.8. The summed E-state index contributed by atoms with van der Waals surface area (Å²) in [6.45, 7) is 7.53. The van der Waals surface area contributed by atoms with E-state index in [1.54, 1.807) is 6.07 Å². The first-order valence-electron chi connectivity index (χ1n) is 13.1.